The third kappa shape index (κ3) is 6.78. The van der Waals surface area contributed by atoms with Gasteiger partial charge in [-0.05, 0) is 18.2 Å². The Labute approximate surface area is 285 Å². The molecule has 51 heavy (non-hydrogen) atoms. The van der Waals surface area contributed by atoms with E-state index in [0.29, 0.717) is 0 Å². The Kier molecular flexibility index (Phi) is 10.3. The molecule has 0 aliphatic carbocycles. The molecular weight excluding hydrogens is 692 g/mol. The first-order valence-electron chi connectivity index (χ1n) is 15.4. The maximum absolute atomic E-state index is 13.2. The van der Waals surface area contributed by atoms with Crippen LogP contribution in [-0.4, -0.2) is 161 Å². The van der Waals surface area contributed by atoms with Gasteiger partial charge in [-0.1, -0.05) is 0 Å². The highest BCUT2D eigenvalue weighted by Gasteiger charge is 2.52. The number of fused-ring (bicyclic) bond motifs is 1. The molecule has 20 heteroatoms. The maximum Gasteiger partial charge on any atom is 0.238 e. The second-order valence-electron chi connectivity index (χ2n) is 12.3. The van der Waals surface area contributed by atoms with Crippen LogP contribution in [0.1, 0.15) is 0 Å². The predicted molar refractivity (Wildman–Crippen MR) is 162 cm³/mol. The second-order valence-corrected chi connectivity index (χ2v) is 12.3. The Bertz CT molecular complexity index is 1780. The van der Waals surface area contributed by atoms with Crippen molar-refractivity contribution in [3.8, 4) is 40.1 Å². The van der Waals surface area contributed by atoms with Crippen molar-refractivity contribution in [2.75, 3.05) is 26.4 Å². The van der Waals surface area contributed by atoms with Crippen molar-refractivity contribution in [1.82, 2.24) is 0 Å². The quantitative estimate of drug-likeness (QED) is 0.1000. The van der Waals surface area contributed by atoms with Crippen LogP contribution in [0, 0.1) is 0 Å². The molecule has 3 aliphatic rings. The van der Waals surface area contributed by atoms with Crippen molar-refractivity contribution in [1.29, 1.82) is 0 Å². The summed E-state index contributed by atoms with van der Waals surface area (Å²) in [5.41, 5.74) is -3.62. The van der Waals surface area contributed by atoms with E-state index in [0.717, 1.165) is 24.3 Å². The number of rotatable bonds is 9. The summed E-state index contributed by atoms with van der Waals surface area (Å²) >= 11 is 0. The molecule has 0 bridgehead atoms. The number of aliphatic hydroxyl groups excluding tert-OH is 8. The molecule has 2 aromatic carbocycles. The molecule has 3 fully saturated rings. The van der Waals surface area contributed by atoms with Crippen LogP contribution in [0.4, 0.5) is 0 Å². The fourth-order valence-electron chi connectivity index (χ4n) is 5.78. The molecule has 0 radical (unpaired) electrons. The van der Waals surface area contributed by atoms with Gasteiger partial charge in [-0.2, -0.15) is 0 Å². The standard InChI is InChI=1S/C31H36O20/c32-6-17-20(38)22(40)24(42)28(50-17)49-15-3-10(1-2-12(15)34)25-23(41)21(39)18-13(35)4-11(5-16(18)48-25)47-29-26(19(37)14(36)7-45-29)51-30-27(43)31(44,8-33)9-46-30/h1-5,14,17,19-20,22,24,26-30,32-38,40-44H,6-9H2/t14-,17-,19+,20-,22+,24-,26-,27+,28-,29+,30+,31-/m1/s1. The highest BCUT2D eigenvalue weighted by atomic mass is 16.8. The minimum atomic E-state index is -2.07. The molecule has 20 nitrogen and oxygen atoms in total. The average molecular weight is 729 g/mol. The molecule has 6 rings (SSSR count). The van der Waals surface area contributed by atoms with Gasteiger partial charge in [0, 0.05) is 17.7 Å². The van der Waals surface area contributed by atoms with Gasteiger partial charge in [-0.25, -0.2) is 0 Å². The normalized spacial score (nSPS) is 35.6. The molecule has 1 aromatic heterocycles. The van der Waals surface area contributed by atoms with E-state index in [1.54, 1.807) is 0 Å². The van der Waals surface area contributed by atoms with Crippen molar-refractivity contribution in [3.63, 3.8) is 0 Å². The first-order chi connectivity index (χ1) is 24.2. The lowest BCUT2D eigenvalue weighted by Crippen LogP contribution is -2.60. The number of hydrogen-bond donors (Lipinski definition) is 12. The summed E-state index contributed by atoms with van der Waals surface area (Å²) in [7, 11) is 0. The largest absolute Gasteiger partial charge is 0.507 e. The van der Waals surface area contributed by atoms with Gasteiger partial charge in [0.2, 0.25) is 23.8 Å². The van der Waals surface area contributed by atoms with Crippen LogP contribution < -0.4 is 14.9 Å². The fraction of sp³-hybridized carbons (Fsp3) is 0.516. The molecule has 280 valence electrons. The highest BCUT2D eigenvalue weighted by Crippen LogP contribution is 2.40. The van der Waals surface area contributed by atoms with E-state index in [1.807, 2.05) is 0 Å². The van der Waals surface area contributed by atoms with E-state index < -0.39 is 139 Å². The Hall–Kier alpha value is -3.87. The van der Waals surface area contributed by atoms with Gasteiger partial charge in [0.15, 0.2) is 29.7 Å². The molecule has 4 heterocycles. The third-order valence-corrected chi connectivity index (χ3v) is 8.79. The van der Waals surface area contributed by atoms with E-state index in [1.165, 1.54) is 6.07 Å². The minimum Gasteiger partial charge on any atom is -0.507 e. The van der Waals surface area contributed by atoms with Crippen LogP contribution in [0.2, 0.25) is 0 Å². The number of ether oxygens (including phenoxy) is 6. The Balaban J connectivity index is 1.30. The monoisotopic (exact) mass is 728 g/mol. The summed E-state index contributed by atoms with van der Waals surface area (Å²) in [5, 5.41) is 122. The first-order valence-corrected chi connectivity index (χ1v) is 15.4. The van der Waals surface area contributed by atoms with Crippen LogP contribution in [-0.2, 0) is 18.9 Å². The van der Waals surface area contributed by atoms with Crippen molar-refractivity contribution in [3.05, 3.63) is 40.6 Å². The summed E-state index contributed by atoms with van der Waals surface area (Å²) in [6, 6.07) is 5.41. The first kappa shape index (κ1) is 36.9. The van der Waals surface area contributed by atoms with E-state index in [9.17, 15) is 66.1 Å². The third-order valence-electron chi connectivity index (χ3n) is 8.79. The molecule has 0 amide bonds. The zero-order valence-electron chi connectivity index (χ0n) is 26.2. The molecule has 12 N–H and O–H groups in total. The van der Waals surface area contributed by atoms with Gasteiger partial charge in [-0.3, -0.25) is 4.79 Å². The van der Waals surface area contributed by atoms with Crippen LogP contribution in [0.15, 0.2) is 39.5 Å². The molecular formula is C31H36O20. The van der Waals surface area contributed by atoms with Gasteiger partial charge in [0.1, 0.15) is 70.8 Å². The fourth-order valence-corrected chi connectivity index (χ4v) is 5.78. The summed E-state index contributed by atoms with van der Waals surface area (Å²) in [6.07, 6.45) is -18.0. The molecule has 0 saturated carbocycles. The molecule has 3 aliphatic heterocycles. The van der Waals surface area contributed by atoms with Gasteiger partial charge < -0.3 is 94.1 Å². The number of aromatic hydroxyl groups is 3. The van der Waals surface area contributed by atoms with Crippen molar-refractivity contribution in [2.24, 2.45) is 0 Å². The lowest BCUT2D eigenvalue weighted by atomic mass is 9.99. The molecule has 3 aromatic rings. The molecule has 0 unspecified atom stereocenters. The summed E-state index contributed by atoms with van der Waals surface area (Å²) < 4.78 is 38.7. The summed E-state index contributed by atoms with van der Waals surface area (Å²) in [6.45, 7) is -2.61. The van der Waals surface area contributed by atoms with Crippen LogP contribution in [0.25, 0.3) is 22.3 Å². The van der Waals surface area contributed by atoms with E-state index >= 15 is 0 Å². The lowest BCUT2D eigenvalue weighted by molar-refractivity contribution is -0.297. The average Bonchev–Trinajstić information content (AvgIpc) is 3.39. The molecule has 3 saturated heterocycles. The SMILES string of the molecule is O=c1c(O)c(-c2ccc(O)c(O[C@@H]3O[C@H](CO)[C@@H](O)[C@H](O)[C@H]3O)c2)oc2cc(O[C@@H]3OC[C@@H](O)[C@H](O)[C@H]3O[C@@H]3OC[C@](O)(CO)[C@H]3O)cc(O)c12. The number of phenols is 2. The topological polar surface area (TPSA) is 328 Å². The van der Waals surface area contributed by atoms with Crippen LogP contribution in [0.5, 0.6) is 28.7 Å². The predicted octanol–water partition coefficient (Wildman–Crippen LogP) is -3.96. The van der Waals surface area contributed by atoms with Gasteiger partial charge >= 0.3 is 0 Å². The number of hydrogen-bond acceptors (Lipinski definition) is 20. The van der Waals surface area contributed by atoms with Crippen LogP contribution in [0.3, 0.4) is 0 Å². The Morgan fingerprint density at radius 2 is 1.57 bits per heavy atom. The van der Waals surface area contributed by atoms with Crippen LogP contribution >= 0.6 is 0 Å². The van der Waals surface area contributed by atoms with E-state index in [4.69, 9.17) is 32.8 Å². The summed E-state index contributed by atoms with van der Waals surface area (Å²) in [4.78, 5) is 13.2. The molecule has 12 atom stereocenters. The second kappa shape index (κ2) is 14.3. The Morgan fingerprint density at radius 1 is 0.824 bits per heavy atom. The van der Waals surface area contributed by atoms with Crippen molar-refractivity contribution in [2.45, 2.75) is 73.3 Å². The maximum atomic E-state index is 13.2. The van der Waals surface area contributed by atoms with Gasteiger partial charge in [0.25, 0.3) is 0 Å². The van der Waals surface area contributed by atoms with Crippen molar-refractivity contribution < 1.29 is 94.1 Å². The zero-order chi connectivity index (χ0) is 36.9. The molecule has 0 spiro atoms. The summed E-state index contributed by atoms with van der Waals surface area (Å²) in [5.74, 6) is -3.39. The number of phenolic OH excluding ortho intramolecular Hbond substituents is 2. The highest BCUT2D eigenvalue weighted by molar-refractivity contribution is 5.88. The lowest BCUT2D eigenvalue weighted by Gasteiger charge is -2.39. The minimum absolute atomic E-state index is 0.0890. The van der Waals surface area contributed by atoms with Gasteiger partial charge in [-0.15, -0.1) is 0 Å². The number of benzene rings is 2. The van der Waals surface area contributed by atoms with E-state index in [2.05, 4.69) is 0 Å². The Morgan fingerprint density at radius 3 is 2.25 bits per heavy atom. The van der Waals surface area contributed by atoms with Gasteiger partial charge in [0.05, 0.1) is 26.4 Å². The smallest absolute Gasteiger partial charge is 0.238 e. The zero-order valence-corrected chi connectivity index (χ0v) is 26.2. The van der Waals surface area contributed by atoms with Crippen molar-refractivity contribution >= 4 is 11.0 Å². The van der Waals surface area contributed by atoms with E-state index in [-0.39, 0.29) is 16.9 Å². The number of aliphatic hydroxyl groups is 9.